The minimum Gasteiger partial charge on any atom is -0.459 e. The Kier molecular flexibility index (Phi) is 6.31. The number of hydrogen-bond acceptors (Lipinski definition) is 4. The molecule has 5 nitrogen and oxygen atoms in total. The molecule has 0 saturated heterocycles. The summed E-state index contributed by atoms with van der Waals surface area (Å²) in [6, 6.07) is 19.7. The second-order valence-corrected chi connectivity index (χ2v) is 8.56. The van der Waals surface area contributed by atoms with E-state index in [4.69, 9.17) is 4.42 Å². The van der Waals surface area contributed by atoms with Crippen molar-refractivity contribution < 1.29 is 17.6 Å². The summed E-state index contributed by atoms with van der Waals surface area (Å²) in [5, 5.41) is 2.87. The monoisotopic (exact) mass is 397 g/mol. The van der Waals surface area contributed by atoms with Crippen molar-refractivity contribution in [1.29, 1.82) is 0 Å². The summed E-state index contributed by atoms with van der Waals surface area (Å²) < 4.78 is 30.5. The van der Waals surface area contributed by atoms with Crippen LogP contribution in [0.25, 0.3) is 0 Å². The molecular weight excluding hydrogens is 374 g/mol. The summed E-state index contributed by atoms with van der Waals surface area (Å²) in [5.74, 6) is -0.469. The first-order valence-electron chi connectivity index (χ1n) is 9.18. The second-order valence-electron chi connectivity index (χ2n) is 6.57. The van der Waals surface area contributed by atoms with E-state index >= 15 is 0 Å². The van der Waals surface area contributed by atoms with Crippen LogP contribution >= 0.6 is 0 Å². The Morgan fingerprint density at radius 2 is 1.64 bits per heavy atom. The van der Waals surface area contributed by atoms with E-state index in [1.807, 2.05) is 30.3 Å². The van der Waals surface area contributed by atoms with Gasteiger partial charge in [0.05, 0.1) is 16.9 Å². The van der Waals surface area contributed by atoms with Gasteiger partial charge in [-0.2, -0.15) is 0 Å². The molecule has 3 aromatic rings. The van der Waals surface area contributed by atoms with Crippen molar-refractivity contribution in [3.05, 3.63) is 89.9 Å². The van der Waals surface area contributed by atoms with E-state index in [0.717, 1.165) is 12.0 Å². The fourth-order valence-corrected chi connectivity index (χ4v) is 4.46. The highest BCUT2D eigenvalue weighted by Crippen LogP contribution is 2.21. The first-order valence-corrected chi connectivity index (χ1v) is 10.8. The van der Waals surface area contributed by atoms with Gasteiger partial charge in [-0.25, -0.2) is 8.42 Å². The molecule has 0 saturated carbocycles. The first kappa shape index (κ1) is 19.9. The molecule has 0 spiro atoms. The van der Waals surface area contributed by atoms with Crippen molar-refractivity contribution >= 4 is 15.7 Å². The molecule has 0 bridgehead atoms. The quantitative estimate of drug-likeness (QED) is 0.619. The summed E-state index contributed by atoms with van der Waals surface area (Å²) in [6.45, 7) is 2.51. The second kappa shape index (κ2) is 8.89. The van der Waals surface area contributed by atoms with Crippen LogP contribution in [0.15, 0.2) is 82.3 Å². The number of sulfone groups is 1. The minimum absolute atomic E-state index is 0.0439. The molecule has 3 rings (SSSR count). The number of benzene rings is 2. The highest BCUT2D eigenvalue weighted by atomic mass is 32.2. The molecule has 0 aliphatic heterocycles. The summed E-state index contributed by atoms with van der Waals surface area (Å²) in [5.41, 5.74) is 1.51. The Morgan fingerprint density at radius 1 is 1.00 bits per heavy atom. The van der Waals surface area contributed by atoms with Gasteiger partial charge in [0.15, 0.2) is 15.6 Å². The average Bonchev–Trinajstić information content (AvgIpc) is 3.17. The van der Waals surface area contributed by atoms with Gasteiger partial charge in [-0.3, -0.25) is 4.79 Å². The molecule has 0 radical (unpaired) electrons. The predicted molar refractivity (Wildman–Crippen MR) is 108 cm³/mol. The van der Waals surface area contributed by atoms with Crippen LogP contribution in [0.1, 0.15) is 40.9 Å². The highest BCUT2D eigenvalue weighted by molar-refractivity contribution is 7.90. The number of amides is 1. The number of rotatable bonds is 8. The smallest absolute Gasteiger partial charge is 0.287 e. The van der Waals surface area contributed by atoms with Crippen LogP contribution in [0.5, 0.6) is 0 Å². The Balaban J connectivity index is 1.70. The average molecular weight is 397 g/mol. The van der Waals surface area contributed by atoms with Crippen LogP contribution in [0, 0.1) is 0 Å². The van der Waals surface area contributed by atoms with Crippen LogP contribution in [-0.2, 0) is 15.6 Å². The van der Waals surface area contributed by atoms with Gasteiger partial charge in [0, 0.05) is 18.0 Å². The molecule has 6 heteroatoms. The van der Waals surface area contributed by atoms with Gasteiger partial charge in [-0.1, -0.05) is 55.5 Å². The molecule has 1 N–H and O–H groups in total. The van der Waals surface area contributed by atoms with E-state index in [1.165, 1.54) is 12.3 Å². The van der Waals surface area contributed by atoms with Gasteiger partial charge in [0.2, 0.25) is 0 Å². The van der Waals surface area contributed by atoms with Crippen molar-refractivity contribution in [2.24, 2.45) is 0 Å². The van der Waals surface area contributed by atoms with Gasteiger partial charge in [-0.05, 0) is 30.2 Å². The third-order valence-corrected chi connectivity index (χ3v) is 6.36. The summed E-state index contributed by atoms with van der Waals surface area (Å²) in [6.07, 6.45) is 2.22. The Morgan fingerprint density at radius 3 is 2.29 bits per heavy atom. The van der Waals surface area contributed by atoms with Gasteiger partial charge < -0.3 is 9.73 Å². The van der Waals surface area contributed by atoms with Crippen LogP contribution < -0.4 is 5.32 Å². The van der Waals surface area contributed by atoms with E-state index in [0.29, 0.717) is 12.1 Å². The van der Waals surface area contributed by atoms with Crippen molar-refractivity contribution in [2.75, 3.05) is 6.54 Å². The van der Waals surface area contributed by atoms with Crippen LogP contribution in [0.4, 0.5) is 0 Å². The van der Waals surface area contributed by atoms with Gasteiger partial charge >= 0.3 is 0 Å². The maximum Gasteiger partial charge on any atom is 0.287 e. The summed E-state index contributed by atoms with van der Waals surface area (Å²) >= 11 is 0. The van der Waals surface area contributed by atoms with Crippen molar-refractivity contribution in [3.63, 3.8) is 0 Å². The molecule has 0 fully saturated rings. The molecule has 0 aliphatic rings. The molecule has 1 unspecified atom stereocenters. The summed E-state index contributed by atoms with van der Waals surface area (Å²) in [7, 11) is -3.56. The lowest BCUT2D eigenvalue weighted by molar-refractivity contribution is 0.0922. The van der Waals surface area contributed by atoms with Crippen molar-refractivity contribution in [2.45, 2.75) is 29.9 Å². The molecule has 1 aromatic heterocycles. The van der Waals surface area contributed by atoms with Crippen LogP contribution in [-0.4, -0.2) is 20.9 Å². The van der Waals surface area contributed by atoms with Gasteiger partial charge in [0.25, 0.3) is 5.91 Å². The lowest BCUT2D eigenvalue weighted by atomic mass is 9.96. The predicted octanol–water partition coefficient (Wildman–Crippen LogP) is 4.18. The lowest BCUT2D eigenvalue weighted by Gasteiger charge is -2.16. The fourth-order valence-electron chi connectivity index (χ4n) is 3.08. The third kappa shape index (κ3) is 4.70. The van der Waals surface area contributed by atoms with E-state index < -0.39 is 15.7 Å². The van der Waals surface area contributed by atoms with Gasteiger partial charge in [-0.15, -0.1) is 0 Å². The SMILES string of the molecule is CCC(CNC(=O)c1occc1CS(=O)(=O)c1ccccc1)c1ccccc1. The largest absolute Gasteiger partial charge is 0.459 e. The number of hydrogen-bond donors (Lipinski definition) is 1. The molecule has 1 atom stereocenters. The lowest BCUT2D eigenvalue weighted by Crippen LogP contribution is -2.28. The third-order valence-electron chi connectivity index (χ3n) is 4.67. The minimum atomic E-state index is -3.56. The van der Waals surface area contributed by atoms with E-state index in [2.05, 4.69) is 12.2 Å². The molecule has 0 aliphatic carbocycles. The molecular formula is C22H23NO4S. The molecule has 2 aromatic carbocycles. The van der Waals surface area contributed by atoms with E-state index in [-0.39, 0.29) is 22.3 Å². The number of carbonyl (C=O) groups is 1. The maximum atomic E-state index is 12.6. The van der Waals surface area contributed by atoms with Gasteiger partial charge in [0.1, 0.15) is 0 Å². The first-order chi connectivity index (χ1) is 13.5. The number of nitrogens with one attached hydrogen (secondary N) is 1. The number of furan rings is 1. The standard InChI is InChI=1S/C22H23NO4S/c1-2-17(18-9-5-3-6-10-18)15-23-22(24)21-19(13-14-27-21)16-28(25,26)20-11-7-4-8-12-20/h3-14,17H,2,15-16H2,1H3,(H,23,24). The Bertz CT molecular complexity index is 1010. The maximum absolute atomic E-state index is 12.6. The van der Waals surface area contributed by atoms with E-state index in [1.54, 1.807) is 30.3 Å². The van der Waals surface area contributed by atoms with Crippen LogP contribution in [0.2, 0.25) is 0 Å². The zero-order valence-electron chi connectivity index (χ0n) is 15.7. The van der Waals surface area contributed by atoms with Crippen LogP contribution in [0.3, 0.4) is 0 Å². The Labute approximate surface area is 165 Å². The Hall–Kier alpha value is -2.86. The summed E-state index contributed by atoms with van der Waals surface area (Å²) in [4.78, 5) is 12.8. The number of carbonyl (C=O) groups excluding carboxylic acids is 1. The fraction of sp³-hybridized carbons (Fsp3) is 0.227. The molecule has 1 amide bonds. The van der Waals surface area contributed by atoms with Crippen molar-refractivity contribution in [1.82, 2.24) is 5.32 Å². The topological polar surface area (TPSA) is 76.4 Å². The zero-order chi connectivity index (χ0) is 20.0. The van der Waals surface area contributed by atoms with E-state index in [9.17, 15) is 13.2 Å². The van der Waals surface area contributed by atoms with Crippen molar-refractivity contribution in [3.8, 4) is 0 Å². The highest BCUT2D eigenvalue weighted by Gasteiger charge is 2.23. The molecule has 146 valence electrons. The normalized spacial score (nSPS) is 12.5. The molecule has 1 heterocycles. The molecule has 28 heavy (non-hydrogen) atoms. The zero-order valence-corrected chi connectivity index (χ0v) is 16.5.